The third-order valence-corrected chi connectivity index (χ3v) is 4.89. The van der Waals surface area contributed by atoms with Crippen LogP contribution in [0.4, 0.5) is 0 Å². The maximum atomic E-state index is 9.03. The Hall–Kier alpha value is -0.970. The standard InChI is InChI=1S/C15H20N2OS/c18-10-4-9-17(12-5-3-6-12)11-15-16-13-7-1-2-8-14(13)19-15/h1-2,7-8,12,18H,3-6,9-11H2. The van der Waals surface area contributed by atoms with Gasteiger partial charge in [-0.25, -0.2) is 4.98 Å². The number of fused-ring (bicyclic) bond motifs is 1. The van der Waals surface area contributed by atoms with Crippen molar-refractivity contribution in [3.8, 4) is 0 Å². The Labute approximate surface area is 117 Å². The molecule has 1 aliphatic rings. The molecule has 0 bridgehead atoms. The number of para-hydroxylation sites is 1. The highest BCUT2D eigenvalue weighted by Gasteiger charge is 2.25. The summed E-state index contributed by atoms with van der Waals surface area (Å²) in [7, 11) is 0. The quantitative estimate of drug-likeness (QED) is 0.881. The number of rotatable bonds is 6. The first-order valence-electron chi connectivity index (χ1n) is 7.06. The van der Waals surface area contributed by atoms with Gasteiger partial charge in [-0.3, -0.25) is 4.90 Å². The van der Waals surface area contributed by atoms with Crippen molar-refractivity contribution in [2.45, 2.75) is 38.3 Å². The van der Waals surface area contributed by atoms with E-state index >= 15 is 0 Å². The highest BCUT2D eigenvalue weighted by molar-refractivity contribution is 7.18. The summed E-state index contributed by atoms with van der Waals surface area (Å²) in [5.74, 6) is 0. The second kappa shape index (κ2) is 5.99. The zero-order chi connectivity index (χ0) is 13.1. The summed E-state index contributed by atoms with van der Waals surface area (Å²) < 4.78 is 1.27. The molecule has 1 aromatic carbocycles. The molecule has 0 saturated heterocycles. The third-order valence-electron chi connectivity index (χ3n) is 3.87. The van der Waals surface area contributed by atoms with E-state index in [0.29, 0.717) is 6.04 Å². The summed E-state index contributed by atoms with van der Waals surface area (Å²) in [6.07, 6.45) is 4.81. The van der Waals surface area contributed by atoms with Crippen LogP contribution in [-0.4, -0.2) is 34.2 Å². The van der Waals surface area contributed by atoms with Crippen molar-refractivity contribution in [2.75, 3.05) is 13.2 Å². The Kier molecular flexibility index (Phi) is 4.11. The Balaban J connectivity index is 1.72. The van der Waals surface area contributed by atoms with Crippen molar-refractivity contribution in [1.82, 2.24) is 9.88 Å². The van der Waals surface area contributed by atoms with Crippen LogP contribution in [0, 0.1) is 0 Å². The number of aliphatic hydroxyl groups is 1. The van der Waals surface area contributed by atoms with Gasteiger partial charge in [0.1, 0.15) is 5.01 Å². The number of aromatic nitrogens is 1. The lowest BCUT2D eigenvalue weighted by Crippen LogP contribution is -2.40. The molecule has 0 aliphatic heterocycles. The molecule has 0 atom stereocenters. The van der Waals surface area contributed by atoms with E-state index in [9.17, 15) is 0 Å². The van der Waals surface area contributed by atoms with Crippen LogP contribution < -0.4 is 0 Å². The van der Waals surface area contributed by atoms with Gasteiger partial charge in [0, 0.05) is 19.2 Å². The molecular formula is C15H20N2OS. The molecule has 0 unspecified atom stereocenters. The van der Waals surface area contributed by atoms with Crippen molar-refractivity contribution >= 4 is 21.6 Å². The molecule has 0 amide bonds. The number of benzene rings is 1. The first-order chi connectivity index (χ1) is 9.36. The van der Waals surface area contributed by atoms with Crippen molar-refractivity contribution in [2.24, 2.45) is 0 Å². The number of aliphatic hydroxyl groups excluding tert-OH is 1. The molecule has 1 heterocycles. The minimum Gasteiger partial charge on any atom is -0.396 e. The van der Waals surface area contributed by atoms with Crippen LogP contribution in [0.1, 0.15) is 30.7 Å². The summed E-state index contributed by atoms with van der Waals surface area (Å²) in [6.45, 7) is 2.20. The first-order valence-corrected chi connectivity index (χ1v) is 7.88. The largest absolute Gasteiger partial charge is 0.396 e. The Morgan fingerprint density at radius 3 is 2.84 bits per heavy atom. The molecule has 1 aromatic heterocycles. The van der Waals surface area contributed by atoms with Gasteiger partial charge < -0.3 is 5.11 Å². The van der Waals surface area contributed by atoms with E-state index in [0.717, 1.165) is 25.0 Å². The topological polar surface area (TPSA) is 36.4 Å². The van der Waals surface area contributed by atoms with Gasteiger partial charge in [-0.1, -0.05) is 18.6 Å². The minimum atomic E-state index is 0.281. The van der Waals surface area contributed by atoms with Crippen LogP contribution in [0.2, 0.25) is 0 Å². The van der Waals surface area contributed by atoms with E-state index in [-0.39, 0.29) is 6.61 Å². The lowest BCUT2D eigenvalue weighted by Gasteiger charge is -2.37. The van der Waals surface area contributed by atoms with Gasteiger partial charge in [-0.15, -0.1) is 11.3 Å². The second-order valence-electron chi connectivity index (χ2n) is 5.21. The summed E-state index contributed by atoms with van der Waals surface area (Å²) in [5.41, 5.74) is 1.11. The smallest absolute Gasteiger partial charge is 0.108 e. The van der Waals surface area contributed by atoms with E-state index in [1.807, 2.05) is 6.07 Å². The molecule has 1 fully saturated rings. The molecule has 0 spiro atoms. The minimum absolute atomic E-state index is 0.281. The van der Waals surface area contributed by atoms with Crippen molar-refractivity contribution in [1.29, 1.82) is 0 Å². The van der Waals surface area contributed by atoms with Crippen LogP contribution in [-0.2, 0) is 6.54 Å². The Morgan fingerprint density at radius 1 is 1.32 bits per heavy atom. The predicted molar refractivity (Wildman–Crippen MR) is 79.4 cm³/mol. The van der Waals surface area contributed by atoms with Gasteiger partial charge in [-0.05, 0) is 31.4 Å². The maximum absolute atomic E-state index is 9.03. The fourth-order valence-electron chi connectivity index (χ4n) is 2.58. The Morgan fingerprint density at radius 2 is 2.16 bits per heavy atom. The van der Waals surface area contributed by atoms with E-state index in [4.69, 9.17) is 10.1 Å². The van der Waals surface area contributed by atoms with Crippen LogP contribution in [0.15, 0.2) is 24.3 Å². The molecular weight excluding hydrogens is 256 g/mol. The van der Waals surface area contributed by atoms with E-state index in [1.165, 1.54) is 29.0 Å². The van der Waals surface area contributed by atoms with Crippen molar-refractivity contribution in [3.63, 3.8) is 0 Å². The fraction of sp³-hybridized carbons (Fsp3) is 0.533. The molecule has 3 rings (SSSR count). The summed E-state index contributed by atoms with van der Waals surface area (Å²) in [4.78, 5) is 7.21. The molecule has 0 radical (unpaired) electrons. The lowest BCUT2D eigenvalue weighted by molar-refractivity contribution is 0.109. The first kappa shape index (κ1) is 13.0. The molecule has 1 aliphatic carbocycles. The number of thiazole rings is 1. The van der Waals surface area contributed by atoms with Gasteiger partial charge in [0.05, 0.1) is 16.8 Å². The zero-order valence-corrected chi connectivity index (χ0v) is 11.9. The van der Waals surface area contributed by atoms with Crippen LogP contribution in [0.25, 0.3) is 10.2 Å². The molecule has 102 valence electrons. The maximum Gasteiger partial charge on any atom is 0.108 e. The van der Waals surface area contributed by atoms with Crippen molar-refractivity contribution < 1.29 is 5.11 Å². The highest BCUT2D eigenvalue weighted by atomic mass is 32.1. The predicted octanol–water partition coefficient (Wildman–Crippen LogP) is 3.03. The van der Waals surface area contributed by atoms with Crippen LogP contribution in [0.3, 0.4) is 0 Å². The van der Waals surface area contributed by atoms with Gasteiger partial charge >= 0.3 is 0 Å². The number of hydrogen-bond acceptors (Lipinski definition) is 4. The van der Waals surface area contributed by atoms with Gasteiger partial charge in [0.25, 0.3) is 0 Å². The van der Waals surface area contributed by atoms with Gasteiger partial charge in [0.2, 0.25) is 0 Å². The Bertz CT molecular complexity index is 503. The average molecular weight is 276 g/mol. The van der Waals surface area contributed by atoms with Gasteiger partial charge in [0.15, 0.2) is 0 Å². The number of nitrogens with zero attached hydrogens (tertiary/aromatic N) is 2. The van der Waals surface area contributed by atoms with E-state index < -0.39 is 0 Å². The molecule has 1 saturated carbocycles. The van der Waals surface area contributed by atoms with E-state index in [2.05, 4.69) is 23.1 Å². The second-order valence-corrected chi connectivity index (χ2v) is 6.32. The highest BCUT2D eigenvalue weighted by Crippen LogP contribution is 2.28. The molecule has 3 nitrogen and oxygen atoms in total. The molecule has 19 heavy (non-hydrogen) atoms. The van der Waals surface area contributed by atoms with Crippen molar-refractivity contribution in [3.05, 3.63) is 29.3 Å². The number of hydrogen-bond donors (Lipinski definition) is 1. The fourth-order valence-corrected chi connectivity index (χ4v) is 3.57. The third kappa shape index (κ3) is 2.96. The normalized spacial score (nSPS) is 16.1. The van der Waals surface area contributed by atoms with E-state index in [1.54, 1.807) is 11.3 Å². The summed E-state index contributed by atoms with van der Waals surface area (Å²) in [6, 6.07) is 9.04. The zero-order valence-electron chi connectivity index (χ0n) is 11.1. The summed E-state index contributed by atoms with van der Waals surface area (Å²) >= 11 is 1.80. The van der Waals surface area contributed by atoms with Crippen LogP contribution >= 0.6 is 11.3 Å². The summed E-state index contributed by atoms with van der Waals surface area (Å²) in [5, 5.41) is 10.2. The van der Waals surface area contributed by atoms with Gasteiger partial charge in [-0.2, -0.15) is 0 Å². The lowest BCUT2D eigenvalue weighted by atomic mass is 9.91. The average Bonchev–Trinajstić information content (AvgIpc) is 2.76. The molecule has 2 aromatic rings. The van der Waals surface area contributed by atoms with Crippen LogP contribution in [0.5, 0.6) is 0 Å². The molecule has 1 N–H and O–H groups in total. The monoisotopic (exact) mass is 276 g/mol. The molecule has 4 heteroatoms. The SMILES string of the molecule is OCCCN(Cc1nc2ccccc2s1)C1CCC1.